The molecule has 3 rings (SSSR count). The van der Waals surface area contributed by atoms with E-state index in [0.717, 1.165) is 5.56 Å². The van der Waals surface area contributed by atoms with Crippen LogP contribution >= 0.6 is 11.6 Å². The Morgan fingerprint density at radius 3 is 2.32 bits per heavy atom. The number of esters is 1. The van der Waals surface area contributed by atoms with Gasteiger partial charge in [0, 0.05) is 17.6 Å². The van der Waals surface area contributed by atoms with Gasteiger partial charge in [-0.1, -0.05) is 48.0 Å². The predicted octanol–water partition coefficient (Wildman–Crippen LogP) is 5.87. The van der Waals surface area contributed by atoms with Gasteiger partial charge in [-0.05, 0) is 86.4 Å². The van der Waals surface area contributed by atoms with Gasteiger partial charge in [0.05, 0.1) is 29.5 Å². The molecule has 8 nitrogen and oxygen atoms in total. The van der Waals surface area contributed by atoms with E-state index in [2.05, 4.69) is 4.74 Å². The molecular formula is C31H34ClNO7S. The second kappa shape index (κ2) is 13.8. The number of carbonyl (C=O) groups excluding carboxylic acids is 2. The number of nitrogens with zero attached hydrogens (tertiary/aromatic N) is 1. The van der Waals surface area contributed by atoms with Gasteiger partial charge in [-0.25, -0.2) is 18.0 Å². The van der Waals surface area contributed by atoms with Crippen molar-refractivity contribution < 1.29 is 32.6 Å². The molecule has 10 heteroatoms. The summed E-state index contributed by atoms with van der Waals surface area (Å²) >= 11 is 6.06. The Balaban J connectivity index is 1.74. The molecule has 0 radical (unpaired) electrons. The van der Waals surface area contributed by atoms with Crippen LogP contribution in [-0.4, -0.2) is 56.3 Å². The van der Waals surface area contributed by atoms with Gasteiger partial charge in [-0.3, -0.25) is 0 Å². The fourth-order valence-corrected chi connectivity index (χ4v) is 5.38. The van der Waals surface area contributed by atoms with Gasteiger partial charge in [0.15, 0.2) is 0 Å². The van der Waals surface area contributed by atoms with Crippen LogP contribution in [0.4, 0.5) is 4.79 Å². The largest absolute Gasteiger partial charge is 0.466 e. The molecule has 3 aromatic carbocycles. The smallest absolute Gasteiger partial charge is 0.410 e. The Hall–Kier alpha value is -3.66. The Morgan fingerprint density at radius 2 is 1.68 bits per heavy atom. The Morgan fingerprint density at radius 1 is 1.00 bits per heavy atom. The SMILES string of the molecule is COC(=O)C=Cc1cccc(S(=O)(=O)c2ccc(CCN(C[C@H](O)c3cccc(Cl)c3)C(=O)OC(C)(C)C)cc2)c1. The molecule has 0 aromatic heterocycles. The summed E-state index contributed by atoms with van der Waals surface area (Å²) < 4.78 is 36.6. The zero-order chi connectivity index (χ0) is 30.2. The zero-order valence-electron chi connectivity index (χ0n) is 23.4. The first kappa shape index (κ1) is 31.9. The van der Waals surface area contributed by atoms with E-state index in [0.29, 0.717) is 22.6 Å². The number of rotatable bonds is 10. The summed E-state index contributed by atoms with van der Waals surface area (Å²) in [4.78, 5) is 25.9. The number of amides is 1. The molecule has 0 heterocycles. The third-order valence-electron chi connectivity index (χ3n) is 5.96. The van der Waals surface area contributed by atoms with Crippen molar-refractivity contribution in [1.82, 2.24) is 4.90 Å². The van der Waals surface area contributed by atoms with Gasteiger partial charge >= 0.3 is 12.1 Å². The number of benzene rings is 3. The summed E-state index contributed by atoms with van der Waals surface area (Å²) in [6.07, 6.45) is 1.55. The second-order valence-corrected chi connectivity index (χ2v) is 12.7. The molecule has 0 saturated carbocycles. The van der Waals surface area contributed by atoms with Crippen molar-refractivity contribution in [2.45, 2.75) is 48.7 Å². The first-order chi connectivity index (χ1) is 19.3. The maximum Gasteiger partial charge on any atom is 0.410 e. The van der Waals surface area contributed by atoms with Gasteiger partial charge < -0.3 is 19.5 Å². The Bertz CT molecular complexity index is 1500. The average Bonchev–Trinajstić information content (AvgIpc) is 2.93. The Kier molecular flexibility index (Phi) is 10.7. The molecular weight excluding hydrogens is 566 g/mol. The number of aliphatic hydroxyl groups is 1. The number of carbonyl (C=O) groups is 2. The normalized spacial score (nSPS) is 12.6. The molecule has 218 valence electrons. The highest BCUT2D eigenvalue weighted by molar-refractivity contribution is 7.91. The Labute approximate surface area is 246 Å². The van der Waals surface area contributed by atoms with E-state index in [1.54, 1.807) is 69.3 Å². The molecule has 1 atom stereocenters. The number of ether oxygens (including phenoxy) is 2. The van der Waals surface area contributed by atoms with Gasteiger partial charge in [-0.2, -0.15) is 0 Å². The summed E-state index contributed by atoms with van der Waals surface area (Å²) in [5, 5.41) is 11.3. The van der Waals surface area contributed by atoms with Gasteiger partial charge in [0.2, 0.25) is 9.84 Å². The van der Waals surface area contributed by atoms with E-state index in [4.69, 9.17) is 16.3 Å². The maximum absolute atomic E-state index is 13.2. The monoisotopic (exact) mass is 599 g/mol. The molecule has 0 aliphatic rings. The molecule has 0 unspecified atom stereocenters. The number of hydrogen-bond donors (Lipinski definition) is 1. The molecule has 0 saturated heterocycles. The van der Waals surface area contributed by atoms with Crippen molar-refractivity contribution in [3.05, 3.63) is 101 Å². The lowest BCUT2D eigenvalue weighted by Crippen LogP contribution is -2.40. The fourth-order valence-electron chi connectivity index (χ4n) is 3.86. The summed E-state index contributed by atoms with van der Waals surface area (Å²) in [5.74, 6) is -0.543. The molecule has 0 spiro atoms. The minimum absolute atomic E-state index is 0.0114. The molecule has 41 heavy (non-hydrogen) atoms. The van der Waals surface area contributed by atoms with Crippen LogP contribution in [0.3, 0.4) is 0 Å². The summed E-state index contributed by atoms with van der Waals surface area (Å²) in [6.45, 7) is 5.51. The average molecular weight is 600 g/mol. The van der Waals surface area contributed by atoms with Crippen LogP contribution in [-0.2, 0) is 30.5 Å². The van der Waals surface area contributed by atoms with Crippen LogP contribution in [0, 0.1) is 0 Å². The molecule has 1 N–H and O–H groups in total. The summed E-state index contributed by atoms with van der Waals surface area (Å²) in [7, 11) is -2.56. The minimum atomic E-state index is -3.82. The van der Waals surface area contributed by atoms with Crippen LogP contribution < -0.4 is 0 Å². The first-order valence-corrected chi connectivity index (χ1v) is 14.8. The van der Waals surface area contributed by atoms with Gasteiger partial charge in [0.25, 0.3) is 0 Å². The lowest BCUT2D eigenvalue weighted by molar-refractivity contribution is -0.134. The lowest BCUT2D eigenvalue weighted by Gasteiger charge is -2.29. The van der Waals surface area contributed by atoms with Gasteiger partial charge in [-0.15, -0.1) is 0 Å². The van der Waals surface area contributed by atoms with Crippen LogP contribution in [0.25, 0.3) is 6.08 Å². The molecule has 0 bridgehead atoms. The number of halogens is 1. The summed E-state index contributed by atoms with van der Waals surface area (Å²) in [6, 6.07) is 19.5. The second-order valence-electron chi connectivity index (χ2n) is 10.3. The maximum atomic E-state index is 13.2. The summed E-state index contributed by atoms with van der Waals surface area (Å²) in [5.41, 5.74) is 1.18. The van der Waals surface area contributed by atoms with E-state index in [1.807, 2.05) is 0 Å². The zero-order valence-corrected chi connectivity index (χ0v) is 25.0. The fraction of sp³-hybridized carbons (Fsp3) is 0.290. The van der Waals surface area contributed by atoms with Crippen LogP contribution in [0.1, 0.15) is 43.6 Å². The standard InChI is InChI=1S/C31H34ClNO7S/c1-31(2,3)40-30(36)33(21-28(34)24-8-6-9-25(32)20-24)18-17-22-11-14-26(15-12-22)41(37,38)27-10-5-7-23(19-27)13-16-29(35)39-4/h5-16,19-20,28,34H,17-18,21H2,1-4H3/t28-/m0/s1. The third kappa shape index (κ3) is 9.45. The molecule has 0 aliphatic heterocycles. The van der Waals surface area contributed by atoms with Crippen molar-refractivity contribution in [3.8, 4) is 0 Å². The number of methoxy groups -OCH3 is 1. The number of aliphatic hydroxyl groups excluding tert-OH is 1. The molecule has 1 amide bonds. The van der Waals surface area contributed by atoms with Crippen molar-refractivity contribution >= 4 is 39.6 Å². The first-order valence-electron chi connectivity index (χ1n) is 12.9. The highest BCUT2D eigenvalue weighted by Gasteiger charge is 2.25. The quantitative estimate of drug-likeness (QED) is 0.229. The number of sulfone groups is 1. The van der Waals surface area contributed by atoms with Crippen LogP contribution in [0.5, 0.6) is 0 Å². The topological polar surface area (TPSA) is 110 Å². The van der Waals surface area contributed by atoms with Crippen molar-refractivity contribution in [2.24, 2.45) is 0 Å². The minimum Gasteiger partial charge on any atom is -0.466 e. The molecule has 0 aliphatic carbocycles. The third-order valence-corrected chi connectivity index (χ3v) is 7.97. The molecule has 3 aromatic rings. The van der Waals surface area contributed by atoms with E-state index < -0.39 is 33.6 Å². The van der Waals surface area contributed by atoms with E-state index in [9.17, 15) is 23.1 Å². The van der Waals surface area contributed by atoms with Crippen LogP contribution in [0.15, 0.2) is 88.7 Å². The number of hydrogen-bond acceptors (Lipinski definition) is 7. The lowest BCUT2D eigenvalue weighted by atomic mass is 10.1. The van der Waals surface area contributed by atoms with Crippen molar-refractivity contribution in [3.63, 3.8) is 0 Å². The predicted molar refractivity (Wildman–Crippen MR) is 157 cm³/mol. The molecule has 0 fully saturated rings. The van der Waals surface area contributed by atoms with E-state index in [-0.39, 0.29) is 22.9 Å². The van der Waals surface area contributed by atoms with Gasteiger partial charge in [0.1, 0.15) is 5.60 Å². The highest BCUT2D eigenvalue weighted by atomic mass is 35.5. The van der Waals surface area contributed by atoms with E-state index in [1.165, 1.54) is 48.4 Å². The highest BCUT2D eigenvalue weighted by Crippen LogP contribution is 2.24. The van der Waals surface area contributed by atoms with Crippen molar-refractivity contribution in [1.29, 1.82) is 0 Å². The van der Waals surface area contributed by atoms with Crippen molar-refractivity contribution in [2.75, 3.05) is 20.2 Å². The van der Waals surface area contributed by atoms with E-state index >= 15 is 0 Å². The van der Waals surface area contributed by atoms with Crippen LogP contribution in [0.2, 0.25) is 5.02 Å².